The molecule has 1 aromatic rings. The summed E-state index contributed by atoms with van der Waals surface area (Å²) in [6.07, 6.45) is 0.396. The van der Waals surface area contributed by atoms with E-state index in [4.69, 9.17) is 10.00 Å². The lowest BCUT2D eigenvalue weighted by Gasteiger charge is -2.38. The first-order valence-corrected chi connectivity index (χ1v) is 5.82. The van der Waals surface area contributed by atoms with Crippen molar-refractivity contribution in [3.8, 4) is 6.07 Å². The number of nitrogens with one attached hydrogen (secondary N) is 1. The van der Waals surface area contributed by atoms with Gasteiger partial charge in [0, 0.05) is 6.54 Å². The van der Waals surface area contributed by atoms with E-state index < -0.39 is 0 Å². The Hall–Kier alpha value is -1.90. The van der Waals surface area contributed by atoms with Gasteiger partial charge in [-0.3, -0.25) is 9.69 Å². The van der Waals surface area contributed by atoms with Crippen LogP contribution < -0.4 is 5.32 Å². The number of hydrogen-bond acceptors (Lipinski definition) is 4. The molecule has 1 saturated heterocycles. The molecule has 5 heteroatoms. The number of ether oxygens (including phenoxy) is 1. The van der Waals surface area contributed by atoms with E-state index in [1.54, 1.807) is 0 Å². The summed E-state index contributed by atoms with van der Waals surface area (Å²) in [4.78, 5) is 12.5. The molecule has 0 aliphatic carbocycles. The van der Waals surface area contributed by atoms with Crippen molar-refractivity contribution < 1.29 is 9.53 Å². The van der Waals surface area contributed by atoms with Crippen molar-refractivity contribution in [3.63, 3.8) is 0 Å². The third kappa shape index (κ3) is 2.86. The van der Waals surface area contributed by atoms with Gasteiger partial charge in [-0.25, -0.2) is 0 Å². The summed E-state index contributed by atoms with van der Waals surface area (Å²) in [5.41, 5.74) is 1.11. The van der Waals surface area contributed by atoms with Crippen LogP contribution in [0.15, 0.2) is 30.3 Å². The summed E-state index contributed by atoms with van der Waals surface area (Å²) >= 11 is 0. The predicted octanol–water partition coefficient (Wildman–Crippen LogP) is 0.483. The van der Waals surface area contributed by atoms with Crippen molar-refractivity contribution >= 4 is 6.41 Å². The molecule has 2 atom stereocenters. The highest BCUT2D eigenvalue weighted by atomic mass is 16.5. The number of benzene rings is 1. The van der Waals surface area contributed by atoms with Gasteiger partial charge in [-0.1, -0.05) is 30.3 Å². The van der Waals surface area contributed by atoms with E-state index in [0.717, 1.165) is 5.56 Å². The Morgan fingerprint density at radius 2 is 2.22 bits per heavy atom. The number of nitriles is 1. The zero-order chi connectivity index (χ0) is 12.8. The van der Waals surface area contributed by atoms with Crippen LogP contribution in [0.4, 0.5) is 0 Å². The number of morpholine rings is 1. The molecule has 0 bridgehead atoms. The van der Waals surface area contributed by atoms with E-state index in [9.17, 15) is 4.79 Å². The SMILES string of the molecule is N#CC1COCC(NC=O)N1Cc1ccccc1. The van der Waals surface area contributed by atoms with Gasteiger partial charge < -0.3 is 10.1 Å². The van der Waals surface area contributed by atoms with Crippen LogP contribution in [0.1, 0.15) is 5.56 Å². The Morgan fingerprint density at radius 1 is 1.44 bits per heavy atom. The van der Waals surface area contributed by atoms with Gasteiger partial charge in [0.25, 0.3) is 0 Å². The molecule has 1 aromatic carbocycles. The molecule has 1 heterocycles. The van der Waals surface area contributed by atoms with Crippen LogP contribution in [0.3, 0.4) is 0 Å². The molecule has 0 radical (unpaired) electrons. The van der Waals surface area contributed by atoms with E-state index >= 15 is 0 Å². The molecule has 0 aromatic heterocycles. The lowest BCUT2D eigenvalue weighted by molar-refractivity contribution is -0.115. The normalized spacial score (nSPS) is 24.2. The topological polar surface area (TPSA) is 65.4 Å². The van der Waals surface area contributed by atoms with Crippen LogP contribution in [-0.2, 0) is 16.1 Å². The first-order valence-electron chi connectivity index (χ1n) is 5.82. The second-order valence-electron chi connectivity index (χ2n) is 4.14. The average molecular weight is 245 g/mol. The molecule has 18 heavy (non-hydrogen) atoms. The minimum absolute atomic E-state index is 0.249. The minimum atomic E-state index is -0.337. The zero-order valence-electron chi connectivity index (χ0n) is 9.95. The van der Waals surface area contributed by atoms with Crippen molar-refractivity contribution in [3.05, 3.63) is 35.9 Å². The Bertz CT molecular complexity index is 430. The van der Waals surface area contributed by atoms with Crippen LogP contribution in [0, 0.1) is 11.3 Å². The second kappa shape index (κ2) is 6.15. The molecular weight excluding hydrogens is 230 g/mol. The summed E-state index contributed by atoms with van der Waals surface area (Å²) in [7, 11) is 0. The van der Waals surface area contributed by atoms with E-state index in [-0.39, 0.29) is 12.2 Å². The number of carbonyl (C=O) groups excluding carboxylic acids is 1. The largest absolute Gasteiger partial charge is 0.375 e. The maximum absolute atomic E-state index is 10.6. The highest BCUT2D eigenvalue weighted by Gasteiger charge is 2.30. The van der Waals surface area contributed by atoms with Crippen LogP contribution in [0.2, 0.25) is 0 Å². The smallest absolute Gasteiger partial charge is 0.208 e. The summed E-state index contributed by atoms with van der Waals surface area (Å²) in [6, 6.07) is 11.7. The monoisotopic (exact) mass is 245 g/mol. The molecule has 1 fully saturated rings. The number of carbonyl (C=O) groups is 1. The van der Waals surface area contributed by atoms with Gasteiger partial charge in [0.05, 0.1) is 19.3 Å². The molecule has 94 valence electrons. The molecule has 1 amide bonds. The molecule has 1 aliphatic rings. The van der Waals surface area contributed by atoms with Crippen LogP contribution >= 0.6 is 0 Å². The Balaban J connectivity index is 2.13. The molecule has 2 rings (SSSR count). The lowest BCUT2D eigenvalue weighted by atomic mass is 10.1. The summed E-state index contributed by atoms with van der Waals surface area (Å²) < 4.78 is 5.32. The lowest BCUT2D eigenvalue weighted by Crippen LogP contribution is -2.57. The standard InChI is InChI=1S/C13H15N3O2/c14-6-12-8-18-9-13(15-10-17)16(12)7-11-4-2-1-3-5-11/h1-5,10,12-13H,7-9H2,(H,15,17). The van der Waals surface area contributed by atoms with Gasteiger partial charge in [-0.2, -0.15) is 5.26 Å². The van der Waals surface area contributed by atoms with E-state index in [1.165, 1.54) is 0 Å². The van der Waals surface area contributed by atoms with Crippen LogP contribution in [-0.4, -0.2) is 36.7 Å². The highest BCUT2D eigenvalue weighted by molar-refractivity contribution is 5.46. The second-order valence-corrected chi connectivity index (χ2v) is 4.14. The fourth-order valence-corrected chi connectivity index (χ4v) is 2.05. The maximum Gasteiger partial charge on any atom is 0.208 e. The third-order valence-corrected chi connectivity index (χ3v) is 2.97. The number of amides is 1. The number of nitrogens with zero attached hydrogens (tertiary/aromatic N) is 2. The van der Waals surface area contributed by atoms with Crippen molar-refractivity contribution in [2.75, 3.05) is 13.2 Å². The van der Waals surface area contributed by atoms with E-state index in [1.807, 2.05) is 35.2 Å². The van der Waals surface area contributed by atoms with Crippen molar-refractivity contribution in [2.45, 2.75) is 18.8 Å². The van der Waals surface area contributed by atoms with Gasteiger partial charge in [-0.05, 0) is 5.56 Å². The highest BCUT2D eigenvalue weighted by Crippen LogP contribution is 2.15. The summed E-state index contributed by atoms with van der Waals surface area (Å²) in [5.74, 6) is 0. The molecule has 0 spiro atoms. The first-order chi connectivity index (χ1) is 8.85. The van der Waals surface area contributed by atoms with Gasteiger partial charge in [-0.15, -0.1) is 0 Å². The van der Waals surface area contributed by atoms with Crippen LogP contribution in [0.25, 0.3) is 0 Å². The average Bonchev–Trinajstić information content (AvgIpc) is 2.42. The van der Waals surface area contributed by atoms with Crippen molar-refractivity contribution in [2.24, 2.45) is 0 Å². The van der Waals surface area contributed by atoms with Crippen molar-refractivity contribution in [1.82, 2.24) is 10.2 Å². The van der Waals surface area contributed by atoms with E-state index in [2.05, 4.69) is 11.4 Å². The number of hydrogen-bond donors (Lipinski definition) is 1. The molecular formula is C13H15N3O2. The molecule has 2 unspecified atom stereocenters. The minimum Gasteiger partial charge on any atom is -0.375 e. The fourth-order valence-electron chi connectivity index (χ4n) is 2.05. The maximum atomic E-state index is 10.6. The van der Waals surface area contributed by atoms with Crippen molar-refractivity contribution in [1.29, 1.82) is 5.26 Å². The Kier molecular flexibility index (Phi) is 4.29. The zero-order valence-corrected chi connectivity index (χ0v) is 9.95. The summed E-state index contributed by atoms with van der Waals surface area (Å²) in [6.45, 7) is 1.40. The molecule has 1 N–H and O–H groups in total. The summed E-state index contributed by atoms with van der Waals surface area (Å²) in [5, 5.41) is 11.8. The van der Waals surface area contributed by atoms with Gasteiger partial charge in [0.1, 0.15) is 12.2 Å². The molecule has 0 saturated carbocycles. The number of rotatable bonds is 4. The fraction of sp³-hybridized carbons (Fsp3) is 0.385. The Labute approximate surface area is 106 Å². The van der Waals surface area contributed by atoms with Gasteiger partial charge >= 0.3 is 0 Å². The quantitative estimate of drug-likeness (QED) is 0.784. The third-order valence-electron chi connectivity index (χ3n) is 2.97. The predicted molar refractivity (Wildman–Crippen MR) is 65.2 cm³/mol. The van der Waals surface area contributed by atoms with Gasteiger partial charge in [0.15, 0.2) is 0 Å². The molecule has 1 aliphatic heterocycles. The van der Waals surface area contributed by atoms with Crippen LogP contribution in [0.5, 0.6) is 0 Å². The molecule has 5 nitrogen and oxygen atoms in total. The van der Waals surface area contributed by atoms with E-state index in [0.29, 0.717) is 26.2 Å². The van der Waals surface area contributed by atoms with Gasteiger partial charge in [0.2, 0.25) is 6.41 Å². The first kappa shape index (κ1) is 12.6. The Morgan fingerprint density at radius 3 is 2.89 bits per heavy atom.